The molecule has 1 aromatic rings. The van der Waals surface area contributed by atoms with Gasteiger partial charge in [0.1, 0.15) is 5.75 Å². The van der Waals surface area contributed by atoms with E-state index >= 15 is 0 Å². The predicted octanol–water partition coefficient (Wildman–Crippen LogP) is 3.53. The maximum atomic E-state index is 6.06. The number of hydrogen-bond donors (Lipinski definition) is 1. The third kappa shape index (κ3) is 5.73. The lowest BCUT2D eigenvalue weighted by atomic mass is 9.98. The van der Waals surface area contributed by atoms with Crippen LogP contribution in [0.4, 0.5) is 0 Å². The Labute approximate surface area is 105 Å². The lowest BCUT2D eigenvalue weighted by molar-refractivity contribution is 0.286. The number of nitrogens with two attached hydrogens (primary N) is 1. The van der Waals surface area contributed by atoms with Crippen LogP contribution in [0, 0.1) is 12.8 Å². The van der Waals surface area contributed by atoms with Crippen molar-refractivity contribution in [2.45, 2.75) is 46.1 Å². The van der Waals surface area contributed by atoms with E-state index in [2.05, 4.69) is 32.9 Å². The Bertz CT molecular complexity index is 324. The molecule has 0 aliphatic rings. The minimum Gasteiger partial charge on any atom is -0.494 e. The first-order valence-corrected chi connectivity index (χ1v) is 6.56. The van der Waals surface area contributed by atoms with E-state index in [0.29, 0.717) is 12.5 Å². The molecular formula is C15H25NO. The molecule has 2 atom stereocenters. The van der Waals surface area contributed by atoms with Crippen LogP contribution >= 0.6 is 0 Å². The van der Waals surface area contributed by atoms with Crippen LogP contribution in [0.1, 0.15) is 38.7 Å². The molecule has 0 fully saturated rings. The van der Waals surface area contributed by atoms with Gasteiger partial charge in [0.2, 0.25) is 0 Å². The van der Waals surface area contributed by atoms with Gasteiger partial charge < -0.3 is 10.5 Å². The van der Waals surface area contributed by atoms with Crippen molar-refractivity contribution in [1.29, 1.82) is 0 Å². The molecule has 2 nitrogen and oxygen atoms in total. The molecule has 2 unspecified atom stereocenters. The maximum Gasteiger partial charge on any atom is 0.119 e. The van der Waals surface area contributed by atoms with Crippen molar-refractivity contribution >= 4 is 0 Å². The van der Waals surface area contributed by atoms with Crippen LogP contribution in [0.3, 0.4) is 0 Å². The Hall–Kier alpha value is -1.02. The number of hydrogen-bond acceptors (Lipinski definition) is 2. The number of ether oxygens (including phenoxy) is 1. The van der Waals surface area contributed by atoms with Gasteiger partial charge in [-0.3, -0.25) is 0 Å². The van der Waals surface area contributed by atoms with E-state index < -0.39 is 0 Å². The molecule has 1 aromatic carbocycles. The molecule has 2 N–H and O–H groups in total. The van der Waals surface area contributed by atoms with E-state index in [0.717, 1.165) is 18.6 Å². The van der Waals surface area contributed by atoms with Crippen molar-refractivity contribution < 1.29 is 4.74 Å². The molecule has 0 bridgehead atoms. The Balaban J connectivity index is 2.23. The summed E-state index contributed by atoms with van der Waals surface area (Å²) in [6.45, 7) is 7.24. The molecule has 0 aromatic heterocycles. The topological polar surface area (TPSA) is 35.2 Å². The zero-order valence-corrected chi connectivity index (χ0v) is 11.3. The highest BCUT2D eigenvalue weighted by Crippen LogP contribution is 2.14. The average molecular weight is 235 g/mol. The Kier molecular flexibility index (Phi) is 6.06. The Morgan fingerprint density at radius 3 is 2.76 bits per heavy atom. The second-order valence-corrected chi connectivity index (χ2v) is 4.96. The second-order valence-electron chi connectivity index (χ2n) is 4.96. The lowest BCUT2D eigenvalue weighted by Crippen LogP contribution is -2.25. The van der Waals surface area contributed by atoms with Crippen molar-refractivity contribution in [1.82, 2.24) is 0 Å². The zero-order valence-electron chi connectivity index (χ0n) is 11.3. The third-order valence-corrected chi connectivity index (χ3v) is 3.15. The SMILES string of the molecule is CCC(C)CC(N)CCOc1cccc(C)c1. The van der Waals surface area contributed by atoms with Gasteiger partial charge in [-0.2, -0.15) is 0 Å². The quantitative estimate of drug-likeness (QED) is 0.784. The first kappa shape index (κ1) is 14.0. The molecule has 0 radical (unpaired) electrons. The van der Waals surface area contributed by atoms with Crippen molar-refractivity contribution in [2.24, 2.45) is 11.7 Å². The van der Waals surface area contributed by atoms with Crippen LogP contribution in [0.25, 0.3) is 0 Å². The van der Waals surface area contributed by atoms with Crippen molar-refractivity contribution in [3.63, 3.8) is 0 Å². The maximum absolute atomic E-state index is 6.06. The molecule has 0 saturated heterocycles. The van der Waals surface area contributed by atoms with Crippen LogP contribution in [-0.4, -0.2) is 12.6 Å². The predicted molar refractivity (Wildman–Crippen MR) is 73.3 cm³/mol. The van der Waals surface area contributed by atoms with Gasteiger partial charge >= 0.3 is 0 Å². The average Bonchev–Trinajstić information content (AvgIpc) is 2.29. The fraction of sp³-hybridized carbons (Fsp3) is 0.600. The fourth-order valence-corrected chi connectivity index (χ4v) is 1.83. The highest BCUT2D eigenvalue weighted by Gasteiger charge is 2.07. The molecule has 0 aliphatic heterocycles. The molecule has 17 heavy (non-hydrogen) atoms. The van der Waals surface area contributed by atoms with Crippen LogP contribution in [0.15, 0.2) is 24.3 Å². The Morgan fingerprint density at radius 1 is 1.35 bits per heavy atom. The van der Waals surface area contributed by atoms with E-state index in [9.17, 15) is 0 Å². The van der Waals surface area contributed by atoms with Crippen molar-refractivity contribution in [3.8, 4) is 5.75 Å². The van der Waals surface area contributed by atoms with Gasteiger partial charge in [-0.15, -0.1) is 0 Å². The summed E-state index contributed by atoms with van der Waals surface area (Å²) in [6, 6.07) is 8.40. The molecule has 0 spiro atoms. The van der Waals surface area contributed by atoms with E-state index in [1.807, 2.05) is 12.1 Å². The monoisotopic (exact) mass is 235 g/mol. The van der Waals surface area contributed by atoms with Gasteiger partial charge in [0.25, 0.3) is 0 Å². The summed E-state index contributed by atoms with van der Waals surface area (Å²) < 4.78 is 5.69. The minimum atomic E-state index is 0.259. The van der Waals surface area contributed by atoms with Crippen LogP contribution in [0.5, 0.6) is 5.75 Å². The summed E-state index contributed by atoms with van der Waals surface area (Å²) in [6.07, 6.45) is 3.22. The van der Waals surface area contributed by atoms with Crippen molar-refractivity contribution in [3.05, 3.63) is 29.8 Å². The summed E-state index contributed by atoms with van der Waals surface area (Å²) in [4.78, 5) is 0. The van der Waals surface area contributed by atoms with Gasteiger partial charge in [0.15, 0.2) is 0 Å². The van der Waals surface area contributed by atoms with Gasteiger partial charge in [-0.25, -0.2) is 0 Å². The van der Waals surface area contributed by atoms with Crippen LogP contribution < -0.4 is 10.5 Å². The van der Waals surface area contributed by atoms with Gasteiger partial charge in [-0.05, 0) is 43.4 Å². The molecule has 2 heteroatoms. The van der Waals surface area contributed by atoms with Gasteiger partial charge in [-0.1, -0.05) is 32.4 Å². The summed E-state index contributed by atoms with van der Waals surface area (Å²) >= 11 is 0. The molecule has 0 amide bonds. The second kappa shape index (κ2) is 7.33. The Morgan fingerprint density at radius 2 is 2.12 bits per heavy atom. The van der Waals surface area contributed by atoms with E-state index in [4.69, 9.17) is 10.5 Å². The first-order chi connectivity index (χ1) is 8.11. The number of benzene rings is 1. The summed E-state index contributed by atoms with van der Waals surface area (Å²) in [7, 11) is 0. The van der Waals surface area contributed by atoms with Crippen LogP contribution in [0.2, 0.25) is 0 Å². The minimum absolute atomic E-state index is 0.259. The molecular weight excluding hydrogens is 210 g/mol. The zero-order chi connectivity index (χ0) is 12.7. The summed E-state index contributed by atoms with van der Waals surface area (Å²) in [5, 5.41) is 0. The van der Waals surface area contributed by atoms with E-state index in [1.54, 1.807) is 0 Å². The molecule has 0 heterocycles. The fourth-order valence-electron chi connectivity index (χ4n) is 1.83. The van der Waals surface area contributed by atoms with E-state index in [1.165, 1.54) is 12.0 Å². The van der Waals surface area contributed by atoms with Gasteiger partial charge in [0.05, 0.1) is 6.61 Å². The smallest absolute Gasteiger partial charge is 0.119 e. The van der Waals surface area contributed by atoms with E-state index in [-0.39, 0.29) is 6.04 Å². The highest BCUT2D eigenvalue weighted by molar-refractivity contribution is 5.27. The molecule has 0 saturated carbocycles. The van der Waals surface area contributed by atoms with Crippen LogP contribution in [-0.2, 0) is 0 Å². The summed E-state index contributed by atoms with van der Waals surface area (Å²) in [5.41, 5.74) is 7.29. The molecule has 0 aliphatic carbocycles. The summed E-state index contributed by atoms with van der Waals surface area (Å²) in [5.74, 6) is 1.66. The first-order valence-electron chi connectivity index (χ1n) is 6.56. The standard InChI is InChI=1S/C15H25NO/c1-4-12(2)10-14(16)8-9-17-15-7-5-6-13(3)11-15/h5-7,11-12,14H,4,8-10,16H2,1-3H3. The number of aryl methyl sites for hydroxylation is 1. The third-order valence-electron chi connectivity index (χ3n) is 3.15. The largest absolute Gasteiger partial charge is 0.494 e. The highest BCUT2D eigenvalue weighted by atomic mass is 16.5. The van der Waals surface area contributed by atoms with Gasteiger partial charge in [0, 0.05) is 6.04 Å². The normalized spacial score (nSPS) is 14.4. The molecule has 1 rings (SSSR count). The van der Waals surface area contributed by atoms with Crippen molar-refractivity contribution in [2.75, 3.05) is 6.61 Å². The molecule has 96 valence electrons. The lowest BCUT2D eigenvalue weighted by Gasteiger charge is -2.16. The number of rotatable bonds is 7.